The molecule has 0 aliphatic carbocycles. The standard InChI is InChI=1S/C14H20N2O3Si/c1-14(2,3)20(4,5)19-10-12-7-6-11(9-15)8-13(12)16(17)18/h6-8H,10H2,1-5H3. The van der Waals surface area contributed by atoms with Crippen molar-refractivity contribution in [2.75, 3.05) is 0 Å². The predicted molar refractivity (Wildman–Crippen MR) is 79.8 cm³/mol. The topological polar surface area (TPSA) is 76.2 Å². The van der Waals surface area contributed by atoms with Crippen LogP contribution in [0.3, 0.4) is 0 Å². The Morgan fingerprint density at radius 3 is 2.45 bits per heavy atom. The Labute approximate surface area is 120 Å². The largest absolute Gasteiger partial charge is 0.412 e. The summed E-state index contributed by atoms with van der Waals surface area (Å²) >= 11 is 0. The van der Waals surface area contributed by atoms with Gasteiger partial charge in [-0.1, -0.05) is 20.8 Å². The van der Waals surface area contributed by atoms with Crippen molar-refractivity contribution in [3.8, 4) is 6.07 Å². The quantitative estimate of drug-likeness (QED) is 0.477. The van der Waals surface area contributed by atoms with E-state index in [0.29, 0.717) is 5.56 Å². The van der Waals surface area contributed by atoms with Crippen molar-refractivity contribution in [2.24, 2.45) is 0 Å². The van der Waals surface area contributed by atoms with Crippen molar-refractivity contribution in [1.29, 1.82) is 5.26 Å². The van der Waals surface area contributed by atoms with Crippen LogP contribution in [0.5, 0.6) is 0 Å². The first kappa shape index (κ1) is 16.3. The van der Waals surface area contributed by atoms with E-state index < -0.39 is 13.2 Å². The highest BCUT2D eigenvalue weighted by molar-refractivity contribution is 6.74. The van der Waals surface area contributed by atoms with Gasteiger partial charge in [-0.3, -0.25) is 10.1 Å². The molecular formula is C14H20N2O3Si. The molecule has 0 bridgehead atoms. The normalized spacial score (nSPS) is 12.0. The summed E-state index contributed by atoms with van der Waals surface area (Å²) in [5, 5.41) is 19.9. The highest BCUT2D eigenvalue weighted by Crippen LogP contribution is 2.37. The first-order chi connectivity index (χ1) is 9.08. The van der Waals surface area contributed by atoms with E-state index in [0.717, 1.165) is 0 Å². The Bertz CT molecular complexity index is 557. The monoisotopic (exact) mass is 292 g/mol. The molecule has 0 N–H and O–H groups in total. The van der Waals surface area contributed by atoms with Gasteiger partial charge in [0.2, 0.25) is 0 Å². The lowest BCUT2D eigenvalue weighted by atomic mass is 10.1. The van der Waals surface area contributed by atoms with Gasteiger partial charge in [-0.05, 0) is 30.3 Å². The van der Waals surface area contributed by atoms with Gasteiger partial charge in [0.05, 0.1) is 28.7 Å². The predicted octanol–water partition coefficient (Wildman–Crippen LogP) is 3.99. The molecular weight excluding hydrogens is 272 g/mol. The summed E-state index contributed by atoms with van der Waals surface area (Å²) in [7, 11) is -1.95. The second-order valence-electron chi connectivity index (χ2n) is 6.26. The minimum Gasteiger partial charge on any atom is -0.412 e. The van der Waals surface area contributed by atoms with Gasteiger partial charge < -0.3 is 4.43 Å². The van der Waals surface area contributed by atoms with Gasteiger partial charge in [-0.25, -0.2) is 0 Å². The Hall–Kier alpha value is -1.71. The molecule has 0 aromatic heterocycles. The van der Waals surface area contributed by atoms with E-state index in [4.69, 9.17) is 9.69 Å². The SMILES string of the molecule is CC(C)(C)[Si](C)(C)OCc1ccc(C#N)cc1[N+](=O)[O-]. The molecule has 0 fully saturated rings. The number of nitro groups is 1. The van der Waals surface area contributed by atoms with Crippen LogP contribution in [0.2, 0.25) is 18.1 Å². The van der Waals surface area contributed by atoms with Crippen LogP contribution >= 0.6 is 0 Å². The molecule has 0 spiro atoms. The molecule has 1 aromatic rings. The van der Waals surface area contributed by atoms with Crippen LogP contribution in [0.4, 0.5) is 5.69 Å². The second kappa shape index (κ2) is 5.73. The van der Waals surface area contributed by atoms with Gasteiger partial charge in [-0.2, -0.15) is 5.26 Å². The fraction of sp³-hybridized carbons (Fsp3) is 0.500. The zero-order valence-corrected chi connectivity index (χ0v) is 13.6. The number of nitro benzene ring substituents is 1. The van der Waals surface area contributed by atoms with E-state index in [1.807, 2.05) is 6.07 Å². The summed E-state index contributed by atoms with van der Waals surface area (Å²) in [6.45, 7) is 10.8. The molecule has 5 nitrogen and oxygen atoms in total. The first-order valence-electron chi connectivity index (χ1n) is 6.40. The van der Waals surface area contributed by atoms with E-state index >= 15 is 0 Å². The summed E-state index contributed by atoms with van der Waals surface area (Å²) < 4.78 is 6.00. The lowest BCUT2D eigenvalue weighted by molar-refractivity contribution is -0.385. The number of hydrogen-bond acceptors (Lipinski definition) is 4. The van der Waals surface area contributed by atoms with Gasteiger partial charge >= 0.3 is 0 Å². The van der Waals surface area contributed by atoms with Gasteiger partial charge in [0.15, 0.2) is 8.32 Å². The molecule has 0 aliphatic rings. The number of rotatable bonds is 4. The third-order valence-corrected chi connectivity index (χ3v) is 8.28. The lowest BCUT2D eigenvalue weighted by Crippen LogP contribution is -2.40. The van der Waals surface area contributed by atoms with E-state index in [1.54, 1.807) is 12.1 Å². The van der Waals surface area contributed by atoms with Gasteiger partial charge in [0.25, 0.3) is 5.69 Å². The minimum absolute atomic E-state index is 0.0500. The van der Waals surface area contributed by atoms with Crippen LogP contribution in [0.15, 0.2) is 18.2 Å². The molecule has 0 saturated heterocycles. The molecule has 108 valence electrons. The maximum absolute atomic E-state index is 11.1. The number of hydrogen-bond donors (Lipinski definition) is 0. The van der Waals surface area contributed by atoms with Crippen LogP contribution in [0.25, 0.3) is 0 Å². The number of benzene rings is 1. The Kier molecular flexibility index (Phi) is 4.68. The molecule has 0 aliphatic heterocycles. The third kappa shape index (κ3) is 3.65. The Morgan fingerprint density at radius 2 is 2.00 bits per heavy atom. The minimum atomic E-state index is -1.95. The summed E-state index contributed by atoms with van der Waals surface area (Å²) in [6, 6.07) is 6.39. The van der Waals surface area contributed by atoms with Gasteiger partial charge in [-0.15, -0.1) is 0 Å². The van der Waals surface area contributed by atoms with Crippen LogP contribution in [0.1, 0.15) is 31.9 Å². The fourth-order valence-corrected chi connectivity index (χ4v) is 2.35. The molecule has 0 amide bonds. The summed E-state index contributed by atoms with van der Waals surface area (Å²) in [6.07, 6.45) is 0. The first-order valence-corrected chi connectivity index (χ1v) is 9.30. The highest BCUT2D eigenvalue weighted by Gasteiger charge is 2.37. The van der Waals surface area contributed by atoms with Crippen molar-refractivity contribution in [2.45, 2.75) is 45.5 Å². The molecule has 0 heterocycles. The summed E-state index contributed by atoms with van der Waals surface area (Å²) in [5.74, 6) is 0. The van der Waals surface area contributed by atoms with Crippen LogP contribution in [-0.4, -0.2) is 13.2 Å². The zero-order valence-electron chi connectivity index (χ0n) is 12.6. The molecule has 1 aromatic carbocycles. The van der Waals surface area contributed by atoms with Crippen molar-refractivity contribution in [3.05, 3.63) is 39.4 Å². The molecule has 0 atom stereocenters. The highest BCUT2D eigenvalue weighted by atomic mass is 28.4. The molecule has 0 unspecified atom stereocenters. The summed E-state index contributed by atoms with van der Waals surface area (Å²) in [4.78, 5) is 10.6. The number of nitriles is 1. The molecule has 0 saturated carbocycles. The van der Waals surface area contributed by atoms with Crippen molar-refractivity contribution in [1.82, 2.24) is 0 Å². The Balaban J connectivity index is 3.00. The maximum Gasteiger partial charge on any atom is 0.276 e. The van der Waals surface area contributed by atoms with Crippen molar-refractivity contribution < 1.29 is 9.35 Å². The zero-order chi connectivity index (χ0) is 15.6. The fourth-order valence-electron chi connectivity index (χ4n) is 1.40. The maximum atomic E-state index is 11.1. The lowest BCUT2D eigenvalue weighted by Gasteiger charge is -2.36. The van der Waals surface area contributed by atoms with Gasteiger partial charge in [0.1, 0.15) is 0 Å². The van der Waals surface area contributed by atoms with Crippen molar-refractivity contribution in [3.63, 3.8) is 0 Å². The summed E-state index contributed by atoms with van der Waals surface area (Å²) in [5.41, 5.74) is 0.745. The van der Waals surface area contributed by atoms with E-state index in [1.165, 1.54) is 6.07 Å². The van der Waals surface area contributed by atoms with E-state index in [2.05, 4.69) is 33.9 Å². The molecule has 1 rings (SSSR count). The Morgan fingerprint density at radius 1 is 1.40 bits per heavy atom. The van der Waals surface area contributed by atoms with Crippen molar-refractivity contribution >= 4 is 14.0 Å². The van der Waals surface area contributed by atoms with Crippen LogP contribution in [0, 0.1) is 21.4 Å². The molecule has 6 heteroatoms. The van der Waals surface area contributed by atoms with Gasteiger partial charge in [0, 0.05) is 6.07 Å². The van der Waals surface area contributed by atoms with Crippen LogP contribution in [-0.2, 0) is 11.0 Å². The third-order valence-electron chi connectivity index (χ3n) is 3.81. The number of nitrogens with zero attached hydrogens (tertiary/aromatic N) is 2. The smallest absolute Gasteiger partial charge is 0.276 e. The molecule has 0 radical (unpaired) electrons. The second-order valence-corrected chi connectivity index (χ2v) is 11.1. The average molecular weight is 292 g/mol. The average Bonchev–Trinajstić information content (AvgIpc) is 2.34. The molecule has 20 heavy (non-hydrogen) atoms. The van der Waals surface area contributed by atoms with Crippen LogP contribution < -0.4 is 0 Å². The van der Waals surface area contributed by atoms with E-state index in [-0.39, 0.29) is 22.9 Å². The van der Waals surface area contributed by atoms with E-state index in [9.17, 15) is 10.1 Å².